The van der Waals surface area contributed by atoms with Gasteiger partial charge in [0.2, 0.25) is 15.4 Å². The van der Waals surface area contributed by atoms with E-state index in [1.54, 1.807) is 0 Å². The summed E-state index contributed by atoms with van der Waals surface area (Å²) < 4.78 is 25.6. The number of sulfonamides is 1. The zero-order valence-electron chi connectivity index (χ0n) is 11.1. The van der Waals surface area contributed by atoms with Crippen LogP contribution < -0.4 is 5.32 Å². The van der Waals surface area contributed by atoms with Crippen LogP contribution >= 0.6 is 11.3 Å². The highest BCUT2D eigenvalue weighted by atomic mass is 32.2. The van der Waals surface area contributed by atoms with Crippen molar-refractivity contribution in [2.24, 2.45) is 5.92 Å². The first kappa shape index (κ1) is 15.3. The van der Waals surface area contributed by atoms with Crippen molar-refractivity contribution in [2.45, 2.75) is 30.2 Å². The highest BCUT2D eigenvalue weighted by Gasteiger charge is 2.33. The highest BCUT2D eigenvalue weighted by molar-refractivity contribution is 7.91. The quantitative estimate of drug-likeness (QED) is 0.732. The van der Waals surface area contributed by atoms with Gasteiger partial charge in [-0.2, -0.15) is 4.31 Å². The van der Waals surface area contributed by atoms with Gasteiger partial charge in [0.1, 0.15) is 0 Å². The molecule has 0 bridgehead atoms. The zero-order chi connectivity index (χ0) is 14.9. The van der Waals surface area contributed by atoms with Crippen LogP contribution in [-0.4, -0.2) is 53.6 Å². The molecule has 0 saturated heterocycles. The van der Waals surface area contributed by atoms with E-state index in [2.05, 4.69) is 15.5 Å². The lowest BCUT2D eigenvalue weighted by Gasteiger charge is -2.33. The Kier molecular flexibility index (Phi) is 4.37. The summed E-state index contributed by atoms with van der Waals surface area (Å²) in [5, 5.41) is 19.0. The van der Waals surface area contributed by atoms with E-state index in [9.17, 15) is 18.3 Å². The maximum Gasteiger partial charge on any atom is 0.272 e. The Balaban J connectivity index is 2.05. The Hall–Kier alpha value is -1.10. The first-order valence-electron chi connectivity index (χ1n) is 6.04. The number of amides is 1. The standard InChI is InChI=1S/C10H16N4O4S2/c1-6(15)11-9-12-13-10(19-9)20(17,18)14(2)5-7-3-8(16)4-7/h7-8,16H,3-5H2,1-2H3,(H,11,12,15). The Labute approximate surface area is 120 Å². The Bertz CT molecular complexity index is 594. The van der Waals surface area contributed by atoms with E-state index in [4.69, 9.17) is 0 Å². The fourth-order valence-corrected chi connectivity index (χ4v) is 4.34. The minimum absolute atomic E-state index is 0.149. The lowest BCUT2D eigenvalue weighted by Crippen LogP contribution is -2.39. The Morgan fingerprint density at radius 3 is 2.70 bits per heavy atom. The van der Waals surface area contributed by atoms with Gasteiger partial charge in [0.15, 0.2) is 0 Å². The topological polar surface area (TPSA) is 112 Å². The number of nitrogens with one attached hydrogen (secondary N) is 1. The number of nitrogens with zero attached hydrogens (tertiary/aromatic N) is 3. The first-order valence-corrected chi connectivity index (χ1v) is 8.30. The molecule has 2 N–H and O–H groups in total. The fourth-order valence-electron chi connectivity index (χ4n) is 1.96. The number of aliphatic hydroxyl groups is 1. The van der Waals surface area contributed by atoms with Crippen molar-refractivity contribution in [2.75, 3.05) is 18.9 Å². The van der Waals surface area contributed by atoms with Crippen LogP contribution in [0.3, 0.4) is 0 Å². The molecule has 1 fully saturated rings. The van der Waals surface area contributed by atoms with Gasteiger partial charge in [-0.25, -0.2) is 8.42 Å². The van der Waals surface area contributed by atoms with E-state index < -0.39 is 10.0 Å². The third-order valence-electron chi connectivity index (χ3n) is 3.05. The number of aliphatic hydroxyl groups excluding tert-OH is 1. The molecule has 1 heterocycles. The summed E-state index contributed by atoms with van der Waals surface area (Å²) in [5.74, 6) is -0.158. The normalized spacial score (nSPS) is 22.6. The third-order valence-corrected chi connectivity index (χ3v) is 6.05. The molecule has 20 heavy (non-hydrogen) atoms. The van der Waals surface area contributed by atoms with Crippen LogP contribution in [0.1, 0.15) is 19.8 Å². The van der Waals surface area contributed by atoms with Crippen molar-refractivity contribution in [3.8, 4) is 0 Å². The van der Waals surface area contributed by atoms with E-state index in [1.807, 2.05) is 0 Å². The predicted octanol–water partition coefficient (Wildman–Crippen LogP) is -0.112. The molecule has 0 unspecified atom stereocenters. The summed E-state index contributed by atoms with van der Waals surface area (Å²) in [5.41, 5.74) is 0. The Morgan fingerprint density at radius 2 is 2.15 bits per heavy atom. The molecule has 0 radical (unpaired) electrons. The van der Waals surface area contributed by atoms with Crippen molar-refractivity contribution >= 4 is 32.4 Å². The van der Waals surface area contributed by atoms with Crippen LogP contribution in [0.2, 0.25) is 0 Å². The number of carbonyl (C=O) groups excluding carboxylic acids is 1. The van der Waals surface area contributed by atoms with Gasteiger partial charge in [-0.1, -0.05) is 11.3 Å². The van der Waals surface area contributed by atoms with Crippen LogP contribution in [0, 0.1) is 5.92 Å². The van der Waals surface area contributed by atoms with Crippen LogP contribution in [0.15, 0.2) is 4.34 Å². The first-order chi connectivity index (χ1) is 9.29. The van der Waals surface area contributed by atoms with E-state index in [1.165, 1.54) is 18.3 Å². The molecule has 1 aliphatic rings. The molecular weight excluding hydrogens is 304 g/mol. The van der Waals surface area contributed by atoms with E-state index in [0.717, 1.165) is 11.3 Å². The molecule has 1 aromatic rings. The molecule has 0 atom stereocenters. The maximum absolute atomic E-state index is 12.2. The van der Waals surface area contributed by atoms with Crippen molar-refractivity contribution in [3.63, 3.8) is 0 Å². The summed E-state index contributed by atoms with van der Waals surface area (Å²) in [6.07, 6.45) is 0.921. The number of hydrogen-bond donors (Lipinski definition) is 2. The maximum atomic E-state index is 12.2. The van der Waals surface area contributed by atoms with Gasteiger partial charge < -0.3 is 10.4 Å². The molecule has 0 spiro atoms. The molecule has 8 nitrogen and oxygen atoms in total. The third kappa shape index (κ3) is 3.32. The number of carbonyl (C=O) groups is 1. The van der Waals surface area contributed by atoms with Gasteiger partial charge >= 0.3 is 0 Å². The molecule has 2 rings (SSSR count). The number of aromatic nitrogens is 2. The van der Waals surface area contributed by atoms with Gasteiger partial charge in [-0.3, -0.25) is 4.79 Å². The number of anilines is 1. The molecule has 10 heteroatoms. The molecule has 112 valence electrons. The lowest BCUT2D eigenvalue weighted by molar-refractivity contribution is -0.114. The number of rotatable bonds is 5. The smallest absolute Gasteiger partial charge is 0.272 e. The molecule has 1 amide bonds. The van der Waals surface area contributed by atoms with E-state index >= 15 is 0 Å². The molecule has 1 saturated carbocycles. The summed E-state index contributed by atoms with van der Waals surface area (Å²) in [6, 6.07) is 0. The fraction of sp³-hybridized carbons (Fsp3) is 0.700. The minimum atomic E-state index is -3.70. The summed E-state index contributed by atoms with van der Waals surface area (Å²) >= 11 is 0.817. The van der Waals surface area contributed by atoms with Gasteiger partial charge in [-0.15, -0.1) is 10.2 Å². The van der Waals surface area contributed by atoms with Crippen LogP contribution in [-0.2, 0) is 14.8 Å². The van der Waals surface area contributed by atoms with E-state index in [-0.39, 0.29) is 27.4 Å². The predicted molar refractivity (Wildman–Crippen MR) is 72.8 cm³/mol. The second-order valence-corrected chi connectivity index (χ2v) is 8.03. The summed E-state index contributed by atoms with van der Waals surface area (Å²) in [6.45, 7) is 1.65. The van der Waals surface area contributed by atoms with Gasteiger partial charge in [0, 0.05) is 20.5 Å². The van der Waals surface area contributed by atoms with Crippen LogP contribution in [0.4, 0.5) is 5.13 Å². The van der Waals surface area contributed by atoms with Crippen molar-refractivity contribution in [3.05, 3.63) is 0 Å². The second kappa shape index (κ2) is 5.72. The molecule has 0 aromatic carbocycles. The summed E-state index contributed by atoms with van der Waals surface area (Å²) in [7, 11) is -2.23. The van der Waals surface area contributed by atoms with Crippen LogP contribution in [0.25, 0.3) is 0 Å². The van der Waals surface area contributed by atoms with Crippen molar-refractivity contribution in [1.29, 1.82) is 0 Å². The van der Waals surface area contributed by atoms with Crippen molar-refractivity contribution in [1.82, 2.24) is 14.5 Å². The van der Waals surface area contributed by atoms with Gasteiger partial charge in [0.05, 0.1) is 6.10 Å². The monoisotopic (exact) mass is 320 g/mol. The van der Waals surface area contributed by atoms with Crippen molar-refractivity contribution < 1.29 is 18.3 Å². The minimum Gasteiger partial charge on any atom is -0.393 e. The highest BCUT2D eigenvalue weighted by Crippen LogP contribution is 2.30. The Morgan fingerprint density at radius 1 is 1.50 bits per heavy atom. The van der Waals surface area contributed by atoms with Crippen LogP contribution in [0.5, 0.6) is 0 Å². The van der Waals surface area contributed by atoms with Gasteiger partial charge in [0.25, 0.3) is 10.0 Å². The molecular formula is C10H16N4O4S2. The average Bonchev–Trinajstić information content (AvgIpc) is 2.75. The lowest BCUT2D eigenvalue weighted by atomic mass is 9.82. The number of hydrogen-bond acceptors (Lipinski definition) is 7. The average molecular weight is 320 g/mol. The summed E-state index contributed by atoms with van der Waals surface area (Å²) in [4.78, 5) is 10.9. The zero-order valence-corrected chi connectivity index (χ0v) is 12.7. The van der Waals surface area contributed by atoms with Gasteiger partial charge in [-0.05, 0) is 18.8 Å². The second-order valence-electron chi connectivity index (χ2n) is 4.83. The largest absolute Gasteiger partial charge is 0.393 e. The SMILES string of the molecule is CC(=O)Nc1nnc(S(=O)(=O)N(C)CC2CC(O)C2)s1. The van der Waals surface area contributed by atoms with E-state index in [0.29, 0.717) is 19.4 Å². The molecule has 1 aliphatic carbocycles. The molecule has 0 aliphatic heterocycles. The molecule has 1 aromatic heterocycles.